The second-order valence-corrected chi connectivity index (χ2v) is 7.01. The second kappa shape index (κ2) is 7.34. The summed E-state index contributed by atoms with van der Waals surface area (Å²) in [6.45, 7) is 5.06. The molecule has 1 aliphatic rings. The molecule has 7 nitrogen and oxygen atoms in total. The molecule has 2 aromatic heterocycles. The first-order valence-electron chi connectivity index (χ1n) is 8.51. The van der Waals surface area contributed by atoms with Crippen molar-refractivity contribution < 1.29 is 4.79 Å². The molecule has 0 spiro atoms. The van der Waals surface area contributed by atoms with Crippen LogP contribution in [0.1, 0.15) is 40.2 Å². The highest BCUT2D eigenvalue weighted by Crippen LogP contribution is 2.30. The summed E-state index contributed by atoms with van der Waals surface area (Å²) in [7, 11) is 1.83. The van der Waals surface area contributed by atoms with Crippen LogP contribution >= 0.6 is 11.6 Å². The minimum absolute atomic E-state index is 0.0251. The topological polar surface area (TPSA) is 86.8 Å². The number of aromatic nitrogens is 3. The van der Waals surface area contributed by atoms with E-state index < -0.39 is 0 Å². The number of piperidine rings is 1. The summed E-state index contributed by atoms with van der Waals surface area (Å²) in [6.07, 6.45) is 5.07. The van der Waals surface area contributed by atoms with Crippen LogP contribution in [-0.4, -0.2) is 39.6 Å². The van der Waals surface area contributed by atoms with Crippen LogP contribution in [-0.2, 0) is 7.05 Å². The first kappa shape index (κ1) is 18.2. The number of carbonyl (C=O) groups is 1. The standard InChI is InChI=1S/C18H21ClN6O/c1-11-14(7-20)17(22-12(2)16(11)19)25-6-4-5-13(8-25)23-18(26)15-9-24(3)10-21-15/h9-10,13H,4-6,8H2,1-3H3,(H,23,26). The highest BCUT2D eigenvalue weighted by Gasteiger charge is 2.26. The van der Waals surface area contributed by atoms with Crippen LogP contribution in [0.15, 0.2) is 12.5 Å². The molecule has 0 saturated carbocycles. The summed E-state index contributed by atoms with van der Waals surface area (Å²) in [6, 6.07) is 2.20. The maximum atomic E-state index is 12.4. The first-order chi connectivity index (χ1) is 12.4. The minimum atomic E-state index is -0.186. The van der Waals surface area contributed by atoms with Crippen molar-refractivity contribution in [3.8, 4) is 6.07 Å². The van der Waals surface area contributed by atoms with E-state index in [0.29, 0.717) is 34.3 Å². The molecule has 1 aliphatic heterocycles. The maximum Gasteiger partial charge on any atom is 0.271 e. The molecule has 1 atom stereocenters. The van der Waals surface area contributed by atoms with E-state index in [4.69, 9.17) is 11.6 Å². The summed E-state index contributed by atoms with van der Waals surface area (Å²) < 4.78 is 1.74. The average Bonchev–Trinajstić information content (AvgIpc) is 3.06. The van der Waals surface area contributed by atoms with Crippen LogP contribution in [0.25, 0.3) is 0 Å². The van der Waals surface area contributed by atoms with Crippen LogP contribution in [0, 0.1) is 25.2 Å². The molecule has 2 aromatic rings. The predicted molar refractivity (Wildman–Crippen MR) is 99.3 cm³/mol. The van der Waals surface area contributed by atoms with Gasteiger partial charge in [-0.2, -0.15) is 5.26 Å². The Bertz CT molecular complexity index is 885. The zero-order chi connectivity index (χ0) is 18.8. The number of hydrogen-bond donors (Lipinski definition) is 1. The zero-order valence-corrected chi connectivity index (χ0v) is 15.8. The molecular weight excluding hydrogens is 352 g/mol. The smallest absolute Gasteiger partial charge is 0.271 e. The summed E-state index contributed by atoms with van der Waals surface area (Å²) in [5, 5.41) is 13.1. The Morgan fingerprint density at radius 2 is 2.23 bits per heavy atom. The number of nitrogens with one attached hydrogen (secondary N) is 1. The Labute approximate surface area is 157 Å². The summed E-state index contributed by atoms with van der Waals surface area (Å²) in [5.74, 6) is 0.457. The van der Waals surface area contributed by atoms with E-state index >= 15 is 0 Å². The van der Waals surface area contributed by atoms with Crippen molar-refractivity contribution in [1.82, 2.24) is 19.9 Å². The summed E-state index contributed by atoms with van der Waals surface area (Å²) >= 11 is 6.24. The van der Waals surface area contributed by atoms with Gasteiger partial charge in [0.2, 0.25) is 0 Å². The highest BCUT2D eigenvalue weighted by atomic mass is 35.5. The number of rotatable bonds is 3. The van der Waals surface area contributed by atoms with E-state index in [0.717, 1.165) is 24.9 Å². The van der Waals surface area contributed by atoms with Crippen molar-refractivity contribution in [2.75, 3.05) is 18.0 Å². The van der Waals surface area contributed by atoms with Crippen molar-refractivity contribution in [3.63, 3.8) is 0 Å². The number of carbonyl (C=O) groups excluding carboxylic acids is 1. The number of pyridine rings is 1. The van der Waals surface area contributed by atoms with Gasteiger partial charge in [0, 0.05) is 32.4 Å². The van der Waals surface area contributed by atoms with Gasteiger partial charge in [-0.1, -0.05) is 11.6 Å². The number of imidazole rings is 1. The number of nitrogens with zero attached hydrogens (tertiary/aromatic N) is 5. The molecule has 3 heterocycles. The van der Waals surface area contributed by atoms with E-state index in [1.165, 1.54) is 0 Å². The fourth-order valence-corrected chi connectivity index (χ4v) is 3.39. The molecule has 3 rings (SSSR count). The quantitative estimate of drug-likeness (QED) is 0.893. The number of hydrogen-bond acceptors (Lipinski definition) is 5. The van der Waals surface area contributed by atoms with E-state index in [1.807, 2.05) is 20.9 Å². The number of aryl methyl sites for hydroxylation is 2. The van der Waals surface area contributed by atoms with Crippen molar-refractivity contribution in [3.05, 3.63) is 40.1 Å². The van der Waals surface area contributed by atoms with Gasteiger partial charge in [0.25, 0.3) is 5.91 Å². The van der Waals surface area contributed by atoms with E-state index in [2.05, 4.69) is 26.3 Å². The molecule has 1 fully saturated rings. The Kier molecular flexibility index (Phi) is 5.14. The van der Waals surface area contributed by atoms with Gasteiger partial charge in [-0.25, -0.2) is 9.97 Å². The van der Waals surface area contributed by atoms with Crippen LogP contribution < -0.4 is 10.2 Å². The zero-order valence-electron chi connectivity index (χ0n) is 15.1. The van der Waals surface area contributed by atoms with Crippen molar-refractivity contribution in [2.24, 2.45) is 7.05 Å². The molecular formula is C18H21ClN6O. The molecule has 1 amide bonds. The number of nitriles is 1. The first-order valence-corrected chi connectivity index (χ1v) is 8.89. The van der Waals surface area contributed by atoms with E-state index in [-0.39, 0.29) is 11.9 Å². The highest BCUT2D eigenvalue weighted by molar-refractivity contribution is 6.32. The monoisotopic (exact) mass is 372 g/mol. The number of anilines is 1. The fourth-order valence-electron chi connectivity index (χ4n) is 3.25. The lowest BCUT2D eigenvalue weighted by Crippen LogP contribution is -2.48. The molecule has 0 aromatic carbocycles. The van der Waals surface area contributed by atoms with Crippen molar-refractivity contribution in [2.45, 2.75) is 32.7 Å². The molecule has 1 unspecified atom stereocenters. The number of amides is 1. The van der Waals surface area contributed by atoms with Gasteiger partial charge in [0.05, 0.1) is 22.6 Å². The van der Waals surface area contributed by atoms with Crippen molar-refractivity contribution >= 4 is 23.3 Å². The lowest BCUT2D eigenvalue weighted by atomic mass is 10.0. The minimum Gasteiger partial charge on any atom is -0.353 e. The normalized spacial score (nSPS) is 17.0. The van der Waals surface area contributed by atoms with Crippen LogP contribution in [0.5, 0.6) is 0 Å². The van der Waals surface area contributed by atoms with Gasteiger partial charge < -0.3 is 14.8 Å². The number of halogens is 1. The van der Waals surface area contributed by atoms with Gasteiger partial charge in [-0.3, -0.25) is 4.79 Å². The molecule has 0 aliphatic carbocycles. The van der Waals surface area contributed by atoms with Crippen LogP contribution in [0.4, 0.5) is 5.82 Å². The third-order valence-electron chi connectivity index (χ3n) is 4.62. The van der Waals surface area contributed by atoms with Gasteiger partial charge in [-0.15, -0.1) is 0 Å². The van der Waals surface area contributed by atoms with Gasteiger partial charge in [0.1, 0.15) is 17.6 Å². The molecule has 1 N–H and O–H groups in total. The van der Waals surface area contributed by atoms with Gasteiger partial charge >= 0.3 is 0 Å². The third kappa shape index (κ3) is 3.51. The fraction of sp³-hybridized carbons (Fsp3) is 0.444. The Morgan fingerprint density at radius 3 is 2.88 bits per heavy atom. The largest absolute Gasteiger partial charge is 0.353 e. The van der Waals surface area contributed by atoms with Crippen LogP contribution in [0.2, 0.25) is 5.02 Å². The van der Waals surface area contributed by atoms with Gasteiger partial charge in [-0.05, 0) is 32.3 Å². The predicted octanol–water partition coefficient (Wildman–Crippen LogP) is 2.36. The molecule has 8 heteroatoms. The van der Waals surface area contributed by atoms with E-state index in [9.17, 15) is 10.1 Å². The van der Waals surface area contributed by atoms with E-state index in [1.54, 1.807) is 17.1 Å². The lowest BCUT2D eigenvalue weighted by molar-refractivity contribution is 0.0928. The summed E-state index contributed by atoms with van der Waals surface area (Å²) in [5.41, 5.74) is 2.35. The Morgan fingerprint density at radius 1 is 1.46 bits per heavy atom. The molecule has 136 valence electrons. The molecule has 26 heavy (non-hydrogen) atoms. The molecule has 0 bridgehead atoms. The van der Waals surface area contributed by atoms with Crippen LogP contribution in [0.3, 0.4) is 0 Å². The maximum absolute atomic E-state index is 12.4. The van der Waals surface area contributed by atoms with Gasteiger partial charge in [0.15, 0.2) is 0 Å². The Hall–Kier alpha value is -2.59. The Balaban J connectivity index is 1.79. The second-order valence-electron chi connectivity index (χ2n) is 6.63. The molecule has 1 saturated heterocycles. The summed E-state index contributed by atoms with van der Waals surface area (Å²) in [4.78, 5) is 23.0. The SMILES string of the molecule is Cc1nc(N2CCCC(NC(=O)c3cn(C)cn3)C2)c(C#N)c(C)c1Cl. The lowest BCUT2D eigenvalue weighted by Gasteiger charge is -2.34. The van der Waals surface area contributed by atoms with Crippen molar-refractivity contribution in [1.29, 1.82) is 5.26 Å². The molecule has 0 radical (unpaired) electrons. The average molecular weight is 373 g/mol. The third-order valence-corrected chi connectivity index (χ3v) is 5.18.